The second-order valence-electron chi connectivity index (χ2n) is 6.94. The third-order valence-corrected chi connectivity index (χ3v) is 5.02. The summed E-state index contributed by atoms with van der Waals surface area (Å²) in [6, 6.07) is 8.65. The molecule has 0 bridgehead atoms. The summed E-state index contributed by atoms with van der Waals surface area (Å²) < 4.78 is 2.49. The number of pyridine rings is 2. The maximum absolute atomic E-state index is 4.85. The van der Waals surface area contributed by atoms with E-state index in [4.69, 9.17) is 4.98 Å². The van der Waals surface area contributed by atoms with Crippen molar-refractivity contribution in [3.63, 3.8) is 0 Å². The van der Waals surface area contributed by atoms with Crippen LogP contribution in [0.2, 0.25) is 0 Å². The Morgan fingerprint density at radius 3 is 2.71 bits per heavy atom. The average molecular weight is 320 g/mol. The highest BCUT2D eigenvalue weighted by atomic mass is 15.1. The van der Waals surface area contributed by atoms with E-state index in [0.717, 1.165) is 43.9 Å². The topological polar surface area (TPSA) is 34.0 Å². The van der Waals surface area contributed by atoms with E-state index in [1.165, 1.54) is 27.9 Å². The maximum atomic E-state index is 4.85. The smallest absolute Gasteiger partial charge is 0.0932 e. The number of hydrogen-bond donors (Lipinski definition) is 0. The van der Waals surface area contributed by atoms with Crippen LogP contribution in [0.5, 0.6) is 0 Å². The van der Waals surface area contributed by atoms with E-state index < -0.39 is 0 Å². The Morgan fingerprint density at radius 1 is 1.08 bits per heavy atom. The summed E-state index contributed by atoms with van der Waals surface area (Å²) in [7, 11) is 2.19. The van der Waals surface area contributed by atoms with Gasteiger partial charge in [-0.25, -0.2) is 0 Å². The Labute approximate surface area is 143 Å². The summed E-state index contributed by atoms with van der Waals surface area (Å²) in [5, 5.41) is 0. The van der Waals surface area contributed by atoms with Gasteiger partial charge in [-0.05, 0) is 51.1 Å². The lowest BCUT2D eigenvalue weighted by molar-refractivity contribution is 0.309. The van der Waals surface area contributed by atoms with Crippen molar-refractivity contribution >= 4 is 11.0 Å². The number of aryl methyl sites for hydroxylation is 4. The molecular formula is C20H24N4. The normalized spacial score (nSPS) is 15.0. The summed E-state index contributed by atoms with van der Waals surface area (Å²) in [5.74, 6) is 0. The molecule has 0 saturated heterocycles. The number of likely N-dealkylation sites (N-methyl/N-ethyl adjacent to an activating group) is 1. The summed E-state index contributed by atoms with van der Waals surface area (Å²) in [6.45, 7) is 7.22. The van der Waals surface area contributed by atoms with Crippen LogP contribution in [0, 0.1) is 13.8 Å². The fraction of sp³-hybridized carbons (Fsp3) is 0.400. The van der Waals surface area contributed by atoms with Crippen LogP contribution in [0.1, 0.15) is 28.2 Å². The molecular weight excluding hydrogens is 296 g/mol. The largest absolute Gasteiger partial charge is 0.343 e. The molecule has 0 aliphatic carbocycles. The van der Waals surface area contributed by atoms with E-state index in [2.05, 4.69) is 52.7 Å². The first kappa shape index (κ1) is 15.3. The minimum Gasteiger partial charge on any atom is -0.343 e. The van der Waals surface area contributed by atoms with Crippen molar-refractivity contribution in [1.82, 2.24) is 19.4 Å². The first-order valence-electron chi connectivity index (χ1n) is 8.69. The van der Waals surface area contributed by atoms with Crippen molar-refractivity contribution < 1.29 is 0 Å². The van der Waals surface area contributed by atoms with Crippen molar-refractivity contribution in [2.24, 2.45) is 0 Å². The number of hydrogen-bond acceptors (Lipinski definition) is 3. The molecule has 0 fully saturated rings. The zero-order valence-corrected chi connectivity index (χ0v) is 14.7. The molecule has 4 heteroatoms. The van der Waals surface area contributed by atoms with Crippen LogP contribution in [-0.2, 0) is 25.9 Å². The first-order valence-corrected chi connectivity index (χ1v) is 8.69. The van der Waals surface area contributed by atoms with Gasteiger partial charge in [0, 0.05) is 54.9 Å². The highest BCUT2D eigenvalue weighted by Crippen LogP contribution is 2.29. The van der Waals surface area contributed by atoms with Gasteiger partial charge < -0.3 is 9.47 Å². The van der Waals surface area contributed by atoms with Gasteiger partial charge in [-0.2, -0.15) is 0 Å². The number of nitrogens with zero attached hydrogens (tertiary/aromatic N) is 4. The lowest BCUT2D eigenvalue weighted by Crippen LogP contribution is -2.27. The molecule has 0 radical (unpaired) electrons. The molecule has 0 N–H and O–H groups in total. The zero-order chi connectivity index (χ0) is 16.7. The molecule has 0 saturated carbocycles. The SMILES string of the molecule is Cc1ccc(CCn2c3c(c4nc(C)ccc42)CN(C)CC3)cn1. The lowest BCUT2D eigenvalue weighted by atomic mass is 10.1. The summed E-state index contributed by atoms with van der Waals surface area (Å²) in [4.78, 5) is 11.7. The van der Waals surface area contributed by atoms with Gasteiger partial charge in [0.05, 0.1) is 11.0 Å². The third kappa shape index (κ3) is 2.71. The quantitative estimate of drug-likeness (QED) is 0.743. The fourth-order valence-electron chi connectivity index (χ4n) is 3.67. The van der Waals surface area contributed by atoms with Crippen LogP contribution in [0.25, 0.3) is 11.0 Å². The molecule has 0 spiro atoms. The van der Waals surface area contributed by atoms with Crippen molar-refractivity contribution in [3.05, 3.63) is 58.7 Å². The minimum atomic E-state index is 0.991. The van der Waals surface area contributed by atoms with Gasteiger partial charge in [0.15, 0.2) is 0 Å². The van der Waals surface area contributed by atoms with Crippen molar-refractivity contribution in [3.8, 4) is 0 Å². The summed E-state index contributed by atoms with van der Waals surface area (Å²) in [5.41, 5.74) is 8.83. The Hall–Kier alpha value is -2.20. The van der Waals surface area contributed by atoms with Crippen LogP contribution in [-0.4, -0.2) is 33.0 Å². The minimum absolute atomic E-state index is 0.991. The van der Waals surface area contributed by atoms with E-state index >= 15 is 0 Å². The van der Waals surface area contributed by atoms with Crippen LogP contribution in [0.3, 0.4) is 0 Å². The van der Waals surface area contributed by atoms with Gasteiger partial charge in [0.1, 0.15) is 0 Å². The molecule has 4 rings (SSSR count). The lowest BCUT2D eigenvalue weighted by Gasteiger charge is -2.24. The van der Waals surface area contributed by atoms with Crippen LogP contribution in [0.15, 0.2) is 30.5 Å². The number of aromatic nitrogens is 3. The van der Waals surface area contributed by atoms with E-state index in [9.17, 15) is 0 Å². The van der Waals surface area contributed by atoms with Crippen LogP contribution >= 0.6 is 0 Å². The fourth-order valence-corrected chi connectivity index (χ4v) is 3.67. The van der Waals surface area contributed by atoms with Gasteiger partial charge in [0.2, 0.25) is 0 Å². The predicted octanol–water partition coefficient (Wildman–Crippen LogP) is 3.28. The average Bonchev–Trinajstić information content (AvgIpc) is 2.87. The van der Waals surface area contributed by atoms with Gasteiger partial charge in [0.25, 0.3) is 0 Å². The molecule has 3 aromatic heterocycles. The van der Waals surface area contributed by atoms with E-state index in [-0.39, 0.29) is 0 Å². The molecule has 124 valence electrons. The van der Waals surface area contributed by atoms with Crippen LogP contribution < -0.4 is 0 Å². The maximum Gasteiger partial charge on any atom is 0.0932 e. The summed E-state index contributed by atoms with van der Waals surface area (Å²) >= 11 is 0. The third-order valence-electron chi connectivity index (χ3n) is 5.02. The predicted molar refractivity (Wildman–Crippen MR) is 97.2 cm³/mol. The van der Waals surface area contributed by atoms with E-state index in [0.29, 0.717) is 0 Å². The second-order valence-corrected chi connectivity index (χ2v) is 6.94. The Morgan fingerprint density at radius 2 is 1.92 bits per heavy atom. The molecule has 0 amide bonds. The van der Waals surface area contributed by atoms with Crippen molar-refractivity contribution in [2.75, 3.05) is 13.6 Å². The van der Waals surface area contributed by atoms with Crippen LogP contribution in [0.4, 0.5) is 0 Å². The molecule has 4 nitrogen and oxygen atoms in total. The Balaban J connectivity index is 1.73. The number of fused-ring (bicyclic) bond motifs is 3. The molecule has 1 aliphatic heterocycles. The van der Waals surface area contributed by atoms with Gasteiger partial charge in [-0.3, -0.25) is 9.97 Å². The standard InChI is InChI=1S/C20H24N4/c1-14-4-6-16(12-21-14)8-11-24-18-9-10-23(3)13-17(18)20-19(24)7-5-15(2)22-20/h4-7,12H,8-11,13H2,1-3H3. The van der Waals surface area contributed by atoms with Gasteiger partial charge in [-0.1, -0.05) is 6.07 Å². The zero-order valence-electron chi connectivity index (χ0n) is 14.7. The van der Waals surface area contributed by atoms with E-state index in [1.54, 1.807) is 0 Å². The van der Waals surface area contributed by atoms with Crippen molar-refractivity contribution in [1.29, 1.82) is 0 Å². The van der Waals surface area contributed by atoms with Gasteiger partial charge in [-0.15, -0.1) is 0 Å². The first-order chi connectivity index (χ1) is 11.6. The molecule has 24 heavy (non-hydrogen) atoms. The second kappa shape index (κ2) is 6.02. The molecule has 4 heterocycles. The highest BCUT2D eigenvalue weighted by molar-refractivity contribution is 5.82. The van der Waals surface area contributed by atoms with Gasteiger partial charge >= 0.3 is 0 Å². The Bertz CT molecular complexity index is 877. The summed E-state index contributed by atoms with van der Waals surface area (Å²) in [6.07, 6.45) is 4.12. The molecule has 0 unspecified atom stereocenters. The molecule has 1 aliphatic rings. The molecule has 0 atom stereocenters. The Kier molecular flexibility index (Phi) is 3.85. The highest BCUT2D eigenvalue weighted by Gasteiger charge is 2.23. The molecule has 0 aromatic carbocycles. The van der Waals surface area contributed by atoms with E-state index in [1.807, 2.05) is 13.1 Å². The van der Waals surface area contributed by atoms with Crippen molar-refractivity contribution in [2.45, 2.75) is 39.8 Å². The number of rotatable bonds is 3. The molecule has 3 aromatic rings. The monoisotopic (exact) mass is 320 g/mol.